The Hall–Kier alpha value is 3.54. The van der Waals surface area contributed by atoms with E-state index in [2.05, 4.69) is 79.0 Å². The molecular weight excluding hydrogens is 611 g/mol. The molecule has 0 aliphatic carbocycles. The van der Waals surface area contributed by atoms with Crippen LogP contribution in [0.1, 0.15) is 0 Å². The van der Waals surface area contributed by atoms with Gasteiger partial charge in [0.25, 0.3) is 0 Å². The molecule has 0 fully saturated rings. The van der Waals surface area contributed by atoms with Crippen molar-refractivity contribution in [2.24, 2.45) is 0 Å². The third-order valence-electron chi connectivity index (χ3n) is 0. The summed E-state index contributed by atoms with van der Waals surface area (Å²) < 4.78 is -0.900. The van der Waals surface area contributed by atoms with Crippen LogP contribution in [0.3, 0.4) is 0 Å². The molecular formula is I4Rh. The molecule has 0 N–H and O–H groups in total. The average molecular weight is 611 g/mol. The Kier molecular flexibility index (Phi) is 6.06. The Bertz CT molecular complexity index is 19.1. The number of halogens is 4. The van der Waals surface area contributed by atoms with E-state index in [1.807, 2.05) is 0 Å². The van der Waals surface area contributed by atoms with Crippen LogP contribution in [-0.2, 0) is 0.719 Å². The van der Waals surface area contributed by atoms with E-state index in [9.17, 15) is 0 Å². The molecule has 0 aromatic carbocycles. The molecule has 37 valence electrons. The van der Waals surface area contributed by atoms with Crippen LogP contribution in [0.4, 0.5) is 0 Å². The van der Waals surface area contributed by atoms with Crippen molar-refractivity contribution in [3.63, 3.8) is 0 Å². The van der Waals surface area contributed by atoms with Gasteiger partial charge in [-0.1, -0.05) is 0 Å². The first kappa shape index (κ1) is 8.54. The molecule has 0 bridgehead atoms. The molecule has 0 aliphatic heterocycles. The Morgan fingerprint density at radius 2 is 0.800 bits per heavy atom. The number of hydrogen-bond acceptors (Lipinski definition) is 0. The second-order valence-corrected chi connectivity index (χ2v) is 76.1. The summed E-state index contributed by atoms with van der Waals surface area (Å²) in [5.74, 6) is 0. The second-order valence-electron chi connectivity index (χ2n) is 0.286. The van der Waals surface area contributed by atoms with E-state index < -0.39 is 0.719 Å². The Morgan fingerprint density at radius 1 is 0.800 bits per heavy atom. The third kappa shape index (κ3) is 18.5. The zero-order chi connectivity index (χ0) is 4.50. The molecule has 5 heteroatoms. The van der Waals surface area contributed by atoms with Crippen LogP contribution in [0.25, 0.3) is 0 Å². The minimum absolute atomic E-state index is 0.900. The average Bonchev–Trinajstić information content (AvgIpc) is 0.722. The fourth-order valence-corrected chi connectivity index (χ4v) is 0. The van der Waals surface area contributed by atoms with E-state index in [1.165, 1.54) is 0 Å². The van der Waals surface area contributed by atoms with Gasteiger partial charge in [0.1, 0.15) is 0 Å². The van der Waals surface area contributed by atoms with Crippen LogP contribution in [0, 0.1) is 0 Å². The van der Waals surface area contributed by atoms with Gasteiger partial charge >= 0.3 is 79.7 Å². The normalized spacial score (nSPS) is 15.2. The molecule has 0 atom stereocenters. The van der Waals surface area contributed by atoms with Gasteiger partial charge in [-0.2, -0.15) is 0 Å². The SMILES string of the molecule is [I][Rh]([I])([I])[I]. The zero-order valence-corrected chi connectivity index (χ0v) is 12.1. The van der Waals surface area contributed by atoms with Crippen LogP contribution in [0.2, 0.25) is 0 Å². The summed E-state index contributed by atoms with van der Waals surface area (Å²) >= 11 is 9.99. The first-order valence-electron chi connectivity index (χ1n) is 0.504. The third-order valence-corrected chi connectivity index (χ3v) is 0. The molecule has 0 radical (unpaired) electrons. The van der Waals surface area contributed by atoms with Crippen molar-refractivity contribution in [1.29, 1.82) is 0 Å². The number of rotatable bonds is 0. The predicted molar refractivity (Wildman–Crippen MR) is 56.1 cm³/mol. The Balaban J connectivity index is 3.02. The summed E-state index contributed by atoms with van der Waals surface area (Å²) in [6.07, 6.45) is 0. The number of hydrogen-bond donors (Lipinski definition) is 0. The predicted octanol–water partition coefficient (Wildman–Crippen LogP) is 3.54. The maximum atomic E-state index is 2.50. The van der Waals surface area contributed by atoms with Gasteiger partial charge in [0.05, 0.1) is 0 Å². The van der Waals surface area contributed by atoms with Crippen molar-refractivity contribution >= 4 is 79.0 Å². The zero-order valence-electron chi connectivity index (χ0n) is 1.85. The first-order valence-corrected chi connectivity index (χ1v) is 20.0. The topological polar surface area (TPSA) is 0 Å². The van der Waals surface area contributed by atoms with E-state index >= 15 is 0 Å². The molecule has 0 aliphatic rings. The Labute approximate surface area is 77.2 Å². The van der Waals surface area contributed by atoms with E-state index in [-0.39, 0.29) is 0 Å². The summed E-state index contributed by atoms with van der Waals surface area (Å²) in [6, 6.07) is 0. The van der Waals surface area contributed by atoms with Gasteiger partial charge in [0.2, 0.25) is 0 Å². The Morgan fingerprint density at radius 3 is 0.800 bits per heavy atom. The van der Waals surface area contributed by atoms with E-state index in [0.29, 0.717) is 0 Å². The van der Waals surface area contributed by atoms with Crippen molar-refractivity contribution in [2.75, 3.05) is 0 Å². The van der Waals surface area contributed by atoms with Gasteiger partial charge in [0.15, 0.2) is 0 Å². The van der Waals surface area contributed by atoms with Crippen molar-refractivity contribution in [3.05, 3.63) is 0 Å². The van der Waals surface area contributed by atoms with Gasteiger partial charge in [-0.3, -0.25) is 0 Å². The fourth-order valence-electron chi connectivity index (χ4n) is 0. The molecule has 0 amide bonds. The van der Waals surface area contributed by atoms with Crippen LogP contribution < -0.4 is 0 Å². The molecule has 0 saturated heterocycles. The van der Waals surface area contributed by atoms with Gasteiger partial charge in [-0.25, -0.2) is 0 Å². The maximum absolute atomic E-state index is 2.50. The fraction of sp³-hybridized carbons (Fsp3) is 0. The van der Waals surface area contributed by atoms with Crippen molar-refractivity contribution in [1.82, 2.24) is 0 Å². The van der Waals surface area contributed by atoms with E-state index in [0.717, 1.165) is 0 Å². The van der Waals surface area contributed by atoms with Crippen molar-refractivity contribution in [2.45, 2.75) is 0 Å². The molecule has 0 heterocycles. The molecule has 0 aromatic rings. The van der Waals surface area contributed by atoms with Crippen LogP contribution in [0.15, 0.2) is 0 Å². The van der Waals surface area contributed by atoms with Crippen LogP contribution in [0.5, 0.6) is 0 Å². The van der Waals surface area contributed by atoms with Gasteiger partial charge in [0, 0.05) is 0 Å². The molecule has 0 rings (SSSR count). The van der Waals surface area contributed by atoms with Crippen molar-refractivity contribution < 1.29 is 0.719 Å². The van der Waals surface area contributed by atoms with E-state index in [1.54, 1.807) is 0 Å². The standard InChI is InChI=1S/4HI.Rh/h4*1H;/q;;;;+4/p-4. The summed E-state index contributed by atoms with van der Waals surface area (Å²) in [6.45, 7) is 0. The first-order chi connectivity index (χ1) is 2.00. The van der Waals surface area contributed by atoms with Gasteiger partial charge < -0.3 is 0 Å². The molecule has 0 saturated carbocycles. The van der Waals surface area contributed by atoms with Gasteiger partial charge in [-0.05, 0) is 0 Å². The molecule has 0 unspecified atom stereocenters. The summed E-state index contributed by atoms with van der Waals surface area (Å²) in [5, 5.41) is 0. The van der Waals surface area contributed by atoms with Crippen LogP contribution >= 0.6 is 79.0 Å². The minimum atomic E-state index is -0.900. The van der Waals surface area contributed by atoms with E-state index in [4.69, 9.17) is 0 Å². The summed E-state index contributed by atoms with van der Waals surface area (Å²) in [5.41, 5.74) is 0. The molecule has 0 nitrogen and oxygen atoms in total. The van der Waals surface area contributed by atoms with Crippen LogP contribution in [-0.4, -0.2) is 0 Å². The van der Waals surface area contributed by atoms with Crippen molar-refractivity contribution in [3.8, 4) is 0 Å². The quantitative estimate of drug-likeness (QED) is 0.291. The summed E-state index contributed by atoms with van der Waals surface area (Å²) in [7, 11) is 0. The second kappa shape index (κ2) is 3.55. The summed E-state index contributed by atoms with van der Waals surface area (Å²) in [4.78, 5) is 0. The molecule has 0 aromatic heterocycles. The molecule has 5 heavy (non-hydrogen) atoms. The monoisotopic (exact) mass is 611 g/mol. The van der Waals surface area contributed by atoms with Gasteiger partial charge in [-0.15, -0.1) is 0 Å². The molecule has 0 spiro atoms.